The van der Waals surface area contributed by atoms with Crippen LogP contribution in [0.2, 0.25) is 0 Å². The number of amides is 1. The van der Waals surface area contributed by atoms with Gasteiger partial charge in [-0.05, 0) is 43.0 Å². The lowest BCUT2D eigenvalue weighted by molar-refractivity contribution is 0.0789. The molecule has 1 aromatic carbocycles. The summed E-state index contributed by atoms with van der Waals surface area (Å²) < 4.78 is 0. The van der Waals surface area contributed by atoms with Crippen molar-refractivity contribution in [1.82, 2.24) is 4.90 Å². The van der Waals surface area contributed by atoms with Crippen LogP contribution in [-0.4, -0.2) is 30.9 Å². The Bertz CT molecular complexity index is 524. The van der Waals surface area contributed by atoms with E-state index >= 15 is 0 Å². The number of nitrogens with zero attached hydrogens (tertiary/aromatic N) is 1. The maximum absolute atomic E-state index is 12.4. The standard InChI is InChI=1S/C17H24N2O/c1-13(2)7-9-19(4)17(20)16-11-14(3)10-15(12-16)6-5-8-18/h10-13H,7-9,18H2,1-4H3. The third kappa shape index (κ3) is 5.07. The van der Waals surface area contributed by atoms with E-state index in [9.17, 15) is 4.79 Å². The molecule has 3 nitrogen and oxygen atoms in total. The fraction of sp³-hybridized carbons (Fsp3) is 0.471. The topological polar surface area (TPSA) is 46.3 Å². The molecule has 0 aliphatic carbocycles. The molecule has 0 radical (unpaired) electrons. The molecule has 0 spiro atoms. The average molecular weight is 272 g/mol. The number of rotatable bonds is 4. The monoisotopic (exact) mass is 272 g/mol. The molecular formula is C17H24N2O. The maximum atomic E-state index is 12.4. The zero-order valence-corrected chi connectivity index (χ0v) is 12.9. The number of carbonyl (C=O) groups excluding carboxylic acids is 1. The van der Waals surface area contributed by atoms with Gasteiger partial charge in [0.1, 0.15) is 0 Å². The summed E-state index contributed by atoms with van der Waals surface area (Å²) in [6.07, 6.45) is 1.01. The maximum Gasteiger partial charge on any atom is 0.253 e. The summed E-state index contributed by atoms with van der Waals surface area (Å²) in [6, 6.07) is 5.71. The van der Waals surface area contributed by atoms with Gasteiger partial charge in [0.15, 0.2) is 0 Å². The molecule has 108 valence electrons. The third-order valence-corrected chi connectivity index (χ3v) is 3.05. The highest BCUT2D eigenvalue weighted by atomic mass is 16.2. The first-order chi connectivity index (χ1) is 9.43. The molecular weight excluding hydrogens is 248 g/mol. The Hall–Kier alpha value is -1.79. The molecule has 0 heterocycles. The molecule has 0 aliphatic rings. The van der Waals surface area contributed by atoms with E-state index in [0.29, 0.717) is 18.0 Å². The fourth-order valence-electron chi connectivity index (χ4n) is 1.91. The van der Waals surface area contributed by atoms with Crippen LogP contribution in [0.4, 0.5) is 0 Å². The summed E-state index contributed by atoms with van der Waals surface area (Å²) in [7, 11) is 1.85. The molecule has 20 heavy (non-hydrogen) atoms. The number of hydrogen-bond donors (Lipinski definition) is 1. The zero-order chi connectivity index (χ0) is 15.1. The van der Waals surface area contributed by atoms with Gasteiger partial charge < -0.3 is 10.6 Å². The Labute approximate surface area is 122 Å². The van der Waals surface area contributed by atoms with Crippen molar-refractivity contribution in [1.29, 1.82) is 0 Å². The van der Waals surface area contributed by atoms with Crippen LogP contribution < -0.4 is 5.73 Å². The van der Waals surface area contributed by atoms with E-state index in [1.54, 1.807) is 4.90 Å². The number of nitrogens with two attached hydrogens (primary N) is 1. The summed E-state index contributed by atoms with van der Waals surface area (Å²) >= 11 is 0. The first-order valence-corrected chi connectivity index (χ1v) is 7.00. The molecule has 1 amide bonds. The van der Waals surface area contributed by atoms with Crippen LogP contribution in [0.1, 0.15) is 41.8 Å². The van der Waals surface area contributed by atoms with Crippen molar-refractivity contribution in [2.45, 2.75) is 27.2 Å². The third-order valence-electron chi connectivity index (χ3n) is 3.05. The summed E-state index contributed by atoms with van der Waals surface area (Å²) in [5.74, 6) is 6.44. The van der Waals surface area contributed by atoms with Gasteiger partial charge in [0.25, 0.3) is 5.91 Å². The zero-order valence-electron chi connectivity index (χ0n) is 12.9. The minimum absolute atomic E-state index is 0.0464. The second kappa shape index (κ2) is 7.72. The number of benzene rings is 1. The molecule has 0 unspecified atom stereocenters. The summed E-state index contributed by atoms with van der Waals surface area (Å²) in [5.41, 5.74) is 7.95. The molecule has 2 N–H and O–H groups in total. The van der Waals surface area contributed by atoms with Crippen LogP contribution in [0.3, 0.4) is 0 Å². The lowest BCUT2D eigenvalue weighted by atomic mass is 10.1. The summed E-state index contributed by atoms with van der Waals surface area (Å²) in [5, 5.41) is 0. The smallest absolute Gasteiger partial charge is 0.253 e. The summed E-state index contributed by atoms with van der Waals surface area (Å²) in [4.78, 5) is 14.2. The second-order valence-electron chi connectivity index (χ2n) is 5.50. The van der Waals surface area contributed by atoms with Crippen LogP contribution in [0.25, 0.3) is 0 Å². The minimum atomic E-state index is 0.0464. The van der Waals surface area contributed by atoms with E-state index in [1.165, 1.54) is 0 Å². The van der Waals surface area contributed by atoms with E-state index in [-0.39, 0.29) is 5.91 Å². The molecule has 1 rings (SSSR count). The largest absolute Gasteiger partial charge is 0.342 e. The van der Waals surface area contributed by atoms with Gasteiger partial charge in [0.2, 0.25) is 0 Å². The van der Waals surface area contributed by atoms with Gasteiger partial charge in [-0.15, -0.1) is 0 Å². The molecule has 0 fully saturated rings. The Morgan fingerprint density at radius 3 is 2.65 bits per heavy atom. The highest BCUT2D eigenvalue weighted by Gasteiger charge is 2.12. The highest BCUT2D eigenvalue weighted by molar-refractivity contribution is 5.94. The van der Waals surface area contributed by atoms with Gasteiger partial charge in [0, 0.05) is 24.7 Å². The SMILES string of the molecule is Cc1cc(C#CCN)cc(C(=O)N(C)CCC(C)C)c1. The predicted molar refractivity (Wildman–Crippen MR) is 83.5 cm³/mol. The minimum Gasteiger partial charge on any atom is -0.342 e. The highest BCUT2D eigenvalue weighted by Crippen LogP contribution is 2.12. The molecule has 0 aromatic heterocycles. The van der Waals surface area contributed by atoms with E-state index in [2.05, 4.69) is 25.7 Å². The van der Waals surface area contributed by atoms with Crippen molar-refractivity contribution in [3.8, 4) is 11.8 Å². The van der Waals surface area contributed by atoms with E-state index in [4.69, 9.17) is 5.73 Å². The van der Waals surface area contributed by atoms with Crippen molar-refractivity contribution in [2.24, 2.45) is 11.7 Å². The number of carbonyl (C=O) groups is 1. The lowest BCUT2D eigenvalue weighted by Gasteiger charge is -2.18. The fourth-order valence-corrected chi connectivity index (χ4v) is 1.91. The first kappa shape index (κ1) is 16.3. The van der Waals surface area contributed by atoms with Crippen LogP contribution in [0.5, 0.6) is 0 Å². The van der Waals surface area contributed by atoms with Crippen molar-refractivity contribution in [2.75, 3.05) is 20.1 Å². The molecule has 0 atom stereocenters. The predicted octanol–water partition coefficient (Wildman–Crippen LogP) is 2.42. The molecule has 1 aromatic rings. The Morgan fingerprint density at radius 2 is 2.05 bits per heavy atom. The van der Waals surface area contributed by atoms with E-state index in [1.807, 2.05) is 32.2 Å². The summed E-state index contributed by atoms with van der Waals surface area (Å²) in [6.45, 7) is 7.38. The Morgan fingerprint density at radius 1 is 1.35 bits per heavy atom. The lowest BCUT2D eigenvalue weighted by Crippen LogP contribution is -2.28. The van der Waals surface area contributed by atoms with Gasteiger partial charge in [-0.1, -0.05) is 25.7 Å². The van der Waals surface area contributed by atoms with E-state index in [0.717, 1.165) is 24.1 Å². The molecule has 0 saturated heterocycles. The normalized spacial score (nSPS) is 10.1. The molecule has 0 aliphatic heterocycles. The first-order valence-electron chi connectivity index (χ1n) is 7.00. The average Bonchev–Trinajstić information content (AvgIpc) is 2.41. The van der Waals surface area contributed by atoms with Gasteiger partial charge >= 0.3 is 0 Å². The van der Waals surface area contributed by atoms with Gasteiger partial charge in [-0.25, -0.2) is 0 Å². The van der Waals surface area contributed by atoms with Crippen molar-refractivity contribution >= 4 is 5.91 Å². The van der Waals surface area contributed by atoms with Crippen molar-refractivity contribution < 1.29 is 4.79 Å². The molecule has 0 saturated carbocycles. The van der Waals surface area contributed by atoms with Crippen molar-refractivity contribution in [3.63, 3.8) is 0 Å². The Balaban J connectivity index is 2.89. The van der Waals surface area contributed by atoms with Gasteiger partial charge in [0.05, 0.1) is 6.54 Å². The van der Waals surface area contributed by atoms with Gasteiger partial charge in [-0.2, -0.15) is 0 Å². The van der Waals surface area contributed by atoms with Crippen molar-refractivity contribution in [3.05, 3.63) is 34.9 Å². The Kier molecular flexibility index (Phi) is 6.27. The number of aryl methyl sites for hydroxylation is 1. The molecule has 0 bridgehead atoms. The van der Waals surface area contributed by atoms with Crippen LogP contribution in [-0.2, 0) is 0 Å². The number of hydrogen-bond acceptors (Lipinski definition) is 2. The van der Waals surface area contributed by atoms with E-state index < -0.39 is 0 Å². The quantitative estimate of drug-likeness (QED) is 0.856. The van der Waals surface area contributed by atoms with Gasteiger partial charge in [-0.3, -0.25) is 4.79 Å². The molecule has 3 heteroatoms. The van der Waals surface area contributed by atoms with Crippen LogP contribution >= 0.6 is 0 Å². The van der Waals surface area contributed by atoms with Crippen LogP contribution in [0, 0.1) is 24.7 Å². The van der Waals surface area contributed by atoms with Crippen LogP contribution in [0.15, 0.2) is 18.2 Å². The second-order valence-corrected chi connectivity index (χ2v) is 5.50.